The largest absolute Gasteiger partial charge is 0.345 e. The van der Waals surface area contributed by atoms with Crippen LogP contribution in [0.1, 0.15) is 34.8 Å². The molecule has 3 aromatic rings. The van der Waals surface area contributed by atoms with Crippen LogP contribution in [0.15, 0.2) is 53.6 Å². The molecule has 1 aromatic carbocycles. The van der Waals surface area contributed by atoms with Gasteiger partial charge in [-0.3, -0.25) is 9.78 Å². The average Bonchev–Trinajstić information content (AvgIpc) is 2.67. The summed E-state index contributed by atoms with van der Waals surface area (Å²) in [5.74, 6) is 0.155. The number of carbonyl (C=O) groups is 1. The van der Waals surface area contributed by atoms with Crippen molar-refractivity contribution in [3.63, 3.8) is 0 Å². The molecule has 1 N–H and O–H groups in total. The van der Waals surface area contributed by atoms with Gasteiger partial charge in [-0.15, -0.1) is 0 Å². The van der Waals surface area contributed by atoms with Gasteiger partial charge in [-0.2, -0.15) is 0 Å². The van der Waals surface area contributed by atoms with E-state index in [0.717, 1.165) is 36.0 Å². The molecule has 1 aliphatic heterocycles. The number of rotatable bonds is 2. The van der Waals surface area contributed by atoms with Gasteiger partial charge < -0.3 is 9.88 Å². The third-order valence-electron chi connectivity index (χ3n) is 4.70. The van der Waals surface area contributed by atoms with Gasteiger partial charge in [0.15, 0.2) is 0 Å². The summed E-state index contributed by atoms with van der Waals surface area (Å²) in [6.45, 7) is 1.33. The monoisotopic (exact) mass is 334 g/mol. The van der Waals surface area contributed by atoms with E-state index in [0.29, 0.717) is 12.1 Å². The maximum atomic E-state index is 12.9. The van der Waals surface area contributed by atoms with E-state index in [1.807, 2.05) is 41.3 Å². The number of carbonyl (C=O) groups excluding carboxylic acids is 1. The van der Waals surface area contributed by atoms with E-state index in [4.69, 9.17) is 0 Å². The second kappa shape index (κ2) is 6.47. The Labute approximate surface area is 144 Å². The fraction of sp³-hybridized carbons (Fsp3) is 0.263. The number of likely N-dealkylation sites (tertiary alicyclic amines) is 1. The molecule has 2 aromatic heterocycles. The van der Waals surface area contributed by atoms with Crippen molar-refractivity contribution >= 4 is 16.8 Å². The fourth-order valence-corrected chi connectivity index (χ4v) is 3.43. The lowest BCUT2D eigenvalue weighted by Gasteiger charge is -2.32. The highest BCUT2D eigenvalue weighted by Crippen LogP contribution is 2.26. The summed E-state index contributed by atoms with van der Waals surface area (Å²) in [5.41, 5.74) is 2.05. The summed E-state index contributed by atoms with van der Waals surface area (Å²) in [7, 11) is 0. The number of hydrogen-bond donors (Lipinski definition) is 1. The van der Waals surface area contributed by atoms with Crippen molar-refractivity contribution in [3.05, 3.63) is 70.5 Å². The number of piperidine rings is 1. The normalized spacial score (nSPS) is 17.6. The van der Waals surface area contributed by atoms with Gasteiger partial charge in [0.25, 0.3) is 5.91 Å². The minimum Gasteiger partial charge on any atom is -0.338 e. The van der Waals surface area contributed by atoms with Gasteiger partial charge in [-0.05, 0) is 43.2 Å². The van der Waals surface area contributed by atoms with Crippen LogP contribution < -0.4 is 5.69 Å². The molecule has 3 heterocycles. The molecule has 1 fully saturated rings. The third-order valence-corrected chi connectivity index (χ3v) is 4.70. The van der Waals surface area contributed by atoms with Crippen molar-refractivity contribution in [2.24, 2.45) is 0 Å². The Bertz CT molecular complexity index is 982. The fourth-order valence-electron chi connectivity index (χ4n) is 3.43. The number of amides is 1. The van der Waals surface area contributed by atoms with Crippen LogP contribution in [0.5, 0.6) is 0 Å². The van der Waals surface area contributed by atoms with Gasteiger partial charge in [0.05, 0.1) is 5.52 Å². The van der Waals surface area contributed by atoms with Crippen LogP contribution >= 0.6 is 0 Å². The van der Waals surface area contributed by atoms with Crippen LogP contribution in [0.25, 0.3) is 10.9 Å². The molecule has 0 saturated carbocycles. The number of hydrogen-bond acceptors (Lipinski definition) is 4. The molecular formula is C19H18N4O2. The Hall–Kier alpha value is -3.02. The second-order valence-electron chi connectivity index (χ2n) is 6.33. The van der Waals surface area contributed by atoms with Gasteiger partial charge in [-0.25, -0.2) is 9.78 Å². The van der Waals surface area contributed by atoms with Gasteiger partial charge in [0.1, 0.15) is 0 Å². The summed E-state index contributed by atoms with van der Waals surface area (Å²) in [6.07, 6.45) is 5.13. The molecule has 0 aliphatic carbocycles. The molecule has 0 unspecified atom stereocenters. The Morgan fingerprint density at radius 3 is 2.96 bits per heavy atom. The molecule has 1 amide bonds. The Balaban J connectivity index is 1.57. The summed E-state index contributed by atoms with van der Waals surface area (Å²) in [4.78, 5) is 37.0. The van der Waals surface area contributed by atoms with Crippen molar-refractivity contribution in [1.29, 1.82) is 0 Å². The van der Waals surface area contributed by atoms with Crippen molar-refractivity contribution in [3.8, 4) is 0 Å². The predicted octanol–water partition coefficient (Wildman–Crippen LogP) is 2.34. The van der Waals surface area contributed by atoms with E-state index >= 15 is 0 Å². The minimum absolute atomic E-state index is 0.0202. The second-order valence-corrected chi connectivity index (χ2v) is 6.33. The van der Waals surface area contributed by atoms with Crippen molar-refractivity contribution < 1.29 is 4.79 Å². The van der Waals surface area contributed by atoms with Crippen LogP contribution in [0.3, 0.4) is 0 Å². The Morgan fingerprint density at radius 2 is 2.08 bits per heavy atom. The quantitative estimate of drug-likeness (QED) is 0.780. The molecule has 6 heteroatoms. The molecule has 1 saturated heterocycles. The van der Waals surface area contributed by atoms with E-state index < -0.39 is 0 Å². The molecule has 25 heavy (non-hydrogen) atoms. The van der Waals surface area contributed by atoms with Gasteiger partial charge in [-0.1, -0.05) is 6.07 Å². The highest BCUT2D eigenvalue weighted by Gasteiger charge is 2.26. The molecular weight excluding hydrogens is 316 g/mol. The molecule has 126 valence electrons. The minimum atomic E-state index is -0.344. The summed E-state index contributed by atoms with van der Waals surface area (Å²) in [6, 6.07) is 11.2. The lowest BCUT2D eigenvalue weighted by Crippen LogP contribution is -2.39. The first-order chi connectivity index (χ1) is 12.2. The van der Waals surface area contributed by atoms with Crippen LogP contribution in [-0.2, 0) is 0 Å². The van der Waals surface area contributed by atoms with Crippen molar-refractivity contribution in [2.75, 3.05) is 13.1 Å². The van der Waals surface area contributed by atoms with E-state index in [9.17, 15) is 9.59 Å². The number of H-pyrrole nitrogens is 1. The van der Waals surface area contributed by atoms with Crippen LogP contribution in [-0.4, -0.2) is 38.8 Å². The zero-order chi connectivity index (χ0) is 17.2. The predicted molar refractivity (Wildman–Crippen MR) is 94.5 cm³/mol. The lowest BCUT2D eigenvalue weighted by molar-refractivity contribution is 0.0706. The van der Waals surface area contributed by atoms with E-state index in [2.05, 4.69) is 15.0 Å². The van der Waals surface area contributed by atoms with E-state index in [-0.39, 0.29) is 17.5 Å². The number of nitrogens with one attached hydrogen (secondary N) is 1. The highest BCUT2D eigenvalue weighted by molar-refractivity contribution is 5.98. The molecule has 4 rings (SSSR count). The first-order valence-electron chi connectivity index (χ1n) is 8.40. The third kappa shape index (κ3) is 3.15. The Kier molecular flexibility index (Phi) is 4.01. The SMILES string of the molecule is O=C(c1ccc2ncccc2c1)N1CCC[C@@H](c2ccnc(=O)[nH]2)C1. The first kappa shape index (κ1) is 15.5. The van der Waals surface area contributed by atoms with Crippen molar-refractivity contribution in [1.82, 2.24) is 19.9 Å². The molecule has 0 spiro atoms. The van der Waals surface area contributed by atoms with Crippen LogP contribution in [0, 0.1) is 0 Å². The number of pyridine rings is 1. The maximum absolute atomic E-state index is 12.9. The Morgan fingerprint density at radius 1 is 1.16 bits per heavy atom. The highest BCUT2D eigenvalue weighted by atomic mass is 16.2. The topological polar surface area (TPSA) is 79.0 Å². The lowest BCUT2D eigenvalue weighted by atomic mass is 9.94. The maximum Gasteiger partial charge on any atom is 0.345 e. The summed E-state index contributed by atoms with van der Waals surface area (Å²) >= 11 is 0. The molecule has 6 nitrogen and oxygen atoms in total. The summed E-state index contributed by atoms with van der Waals surface area (Å²) < 4.78 is 0. The number of aromatic amines is 1. The van der Waals surface area contributed by atoms with E-state index in [1.165, 1.54) is 6.20 Å². The zero-order valence-corrected chi connectivity index (χ0v) is 13.7. The molecule has 1 atom stereocenters. The van der Waals surface area contributed by atoms with Gasteiger partial charge in [0, 0.05) is 48.0 Å². The number of nitrogens with zero attached hydrogens (tertiary/aromatic N) is 3. The van der Waals surface area contributed by atoms with E-state index in [1.54, 1.807) is 6.20 Å². The van der Waals surface area contributed by atoms with Crippen LogP contribution in [0.2, 0.25) is 0 Å². The van der Waals surface area contributed by atoms with Crippen LogP contribution in [0.4, 0.5) is 0 Å². The summed E-state index contributed by atoms with van der Waals surface area (Å²) in [5, 5.41) is 0.959. The molecule has 0 radical (unpaired) electrons. The number of aromatic nitrogens is 3. The zero-order valence-electron chi connectivity index (χ0n) is 13.7. The number of fused-ring (bicyclic) bond motifs is 1. The smallest absolute Gasteiger partial charge is 0.338 e. The number of benzene rings is 1. The first-order valence-corrected chi connectivity index (χ1v) is 8.40. The standard InChI is InChI=1S/C19H18N4O2/c24-18(14-5-6-16-13(11-14)3-1-8-20-16)23-10-2-4-15(12-23)17-7-9-21-19(25)22-17/h1,3,5-9,11,15H,2,4,10,12H2,(H,21,22,25)/t15-/m1/s1. The average molecular weight is 334 g/mol. The molecule has 1 aliphatic rings. The van der Waals surface area contributed by atoms with Gasteiger partial charge >= 0.3 is 5.69 Å². The molecule has 0 bridgehead atoms. The van der Waals surface area contributed by atoms with Gasteiger partial charge in [0.2, 0.25) is 0 Å². The van der Waals surface area contributed by atoms with Crippen molar-refractivity contribution in [2.45, 2.75) is 18.8 Å².